The van der Waals surface area contributed by atoms with Crippen molar-refractivity contribution in [1.82, 2.24) is 0 Å². The third kappa shape index (κ3) is 4.01. The Hall–Kier alpha value is -2.78. The Balaban J connectivity index is 0.000000174. The molecule has 0 unspecified atom stereocenters. The number of rotatable bonds is 2. The normalized spacial score (nSPS) is 11.3. The van der Waals surface area contributed by atoms with Gasteiger partial charge < -0.3 is 4.55 Å². The molecule has 0 amide bonds. The predicted octanol–water partition coefficient (Wildman–Crippen LogP) is 4.54. The first kappa shape index (κ1) is 19.5. The molecule has 0 saturated heterocycles. The highest BCUT2D eigenvalue weighted by molar-refractivity contribution is 7.85. The third-order valence-electron chi connectivity index (χ3n) is 4.22. The van der Waals surface area contributed by atoms with Crippen LogP contribution in [0, 0.1) is 0 Å². The standard InChI is InChI=1S/C15H11N2S2.C6H6O3S/c16-14-13(10-6-2-1-3-7-10)19-15-17(14)11-8-4-5-9-12(11)18-15;7-10(8,9)6-4-2-1-3-5-6/h1-9H,16H2;1-5H,(H,7,8,9)/q+1;/p-1. The maximum atomic E-state index is 10.3. The molecule has 5 nitrogen and oxygen atoms in total. The van der Waals surface area contributed by atoms with Crippen LogP contribution < -0.4 is 10.1 Å². The molecule has 0 spiro atoms. The van der Waals surface area contributed by atoms with Gasteiger partial charge in [-0.2, -0.15) is 4.40 Å². The molecule has 5 rings (SSSR count). The molecule has 5 aromatic rings. The van der Waals surface area contributed by atoms with Crippen molar-refractivity contribution in [3.8, 4) is 10.4 Å². The second-order valence-electron chi connectivity index (χ2n) is 6.12. The summed E-state index contributed by atoms with van der Waals surface area (Å²) in [7, 11) is -4.25. The first-order valence-electron chi connectivity index (χ1n) is 8.63. The molecule has 0 radical (unpaired) electrons. The Kier molecular flexibility index (Phi) is 5.33. The maximum absolute atomic E-state index is 10.3. The largest absolute Gasteiger partial charge is 0.744 e. The summed E-state index contributed by atoms with van der Waals surface area (Å²) >= 11 is 3.55. The first-order chi connectivity index (χ1) is 13.9. The summed E-state index contributed by atoms with van der Waals surface area (Å²) in [5, 5.41) is 0. The number of fused-ring (bicyclic) bond motifs is 3. The van der Waals surface area contributed by atoms with E-state index in [1.165, 1.54) is 44.2 Å². The van der Waals surface area contributed by atoms with Gasteiger partial charge in [-0.15, -0.1) is 0 Å². The SMILES string of the molecule is Nc1c(-c2ccccc2)sc2sc3ccccc3[n+]12.O=S(=O)([O-])c1ccccc1. The minimum absolute atomic E-state index is 0.185. The molecule has 2 aromatic heterocycles. The number of thiazole rings is 2. The van der Waals surface area contributed by atoms with Crippen LogP contribution in [0.5, 0.6) is 0 Å². The van der Waals surface area contributed by atoms with Gasteiger partial charge in [0.05, 0.1) is 9.60 Å². The first-order valence-corrected chi connectivity index (χ1v) is 11.7. The van der Waals surface area contributed by atoms with Gasteiger partial charge in [-0.1, -0.05) is 83.3 Å². The molecule has 0 aliphatic rings. The van der Waals surface area contributed by atoms with Gasteiger partial charge in [-0.05, 0) is 24.3 Å². The average molecular weight is 441 g/mol. The molecule has 2 N–H and O–H groups in total. The van der Waals surface area contributed by atoms with Crippen molar-refractivity contribution >= 4 is 53.0 Å². The van der Waals surface area contributed by atoms with E-state index in [9.17, 15) is 13.0 Å². The Labute approximate surface area is 176 Å². The number of nitrogens with two attached hydrogens (primary N) is 1. The molecular formula is C21H16N2O3S3. The van der Waals surface area contributed by atoms with Crippen molar-refractivity contribution in [3.63, 3.8) is 0 Å². The third-order valence-corrected chi connectivity index (χ3v) is 7.49. The molecule has 2 heterocycles. The van der Waals surface area contributed by atoms with Crippen LogP contribution in [-0.4, -0.2) is 13.0 Å². The number of hydrogen-bond donors (Lipinski definition) is 1. The summed E-state index contributed by atoms with van der Waals surface area (Å²) < 4.78 is 35.5. The molecule has 0 aliphatic carbocycles. The van der Waals surface area contributed by atoms with Crippen LogP contribution in [0.25, 0.3) is 24.8 Å². The molecule has 0 atom stereocenters. The Morgan fingerprint density at radius 3 is 2.00 bits per heavy atom. The van der Waals surface area contributed by atoms with Crippen LogP contribution in [0.4, 0.5) is 5.82 Å². The second-order valence-corrected chi connectivity index (χ2v) is 9.79. The number of benzene rings is 3. The maximum Gasteiger partial charge on any atom is 0.297 e. The van der Waals surface area contributed by atoms with Crippen molar-refractivity contribution < 1.29 is 17.4 Å². The van der Waals surface area contributed by atoms with Crippen LogP contribution in [0.1, 0.15) is 0 Å². The highest BCUT2D eigenvalue weighted by Crippen LogP contribution is 2.36. The zero-order valence-electron chi connectivity index (χ0n) is 15.1. The summed E-state index contributed by atoms with van der Waals surface area (Å²) in [6.45, 7) is 0. The molecule has 8 heteroatoms. The fraction of sp³-hybridized carbons (Fsp3) is 0. The van der Waals surface area contributed by atoms with Crippen molar-refractivity contribution in [2.45, 2.75) is 4.90 Å². The van der Waals surface area contributed by atoms with Gasteiger partial charge in [0.2, 0.25) is 4.14 Å². The summed E-state index contributed by atoms with van der Waals surface area (Å²) in [6.07, 6.45) is 0. The van der Waals surface area contributed by atoms with E-state index in [1.54, 1.807) is 28.7 Å². The van der Waals surface area contributed by atoms with Gasteiger partial charge in [-0.25, -0.2) is 8.42 Å². The minimum Gasteiger partial charge on any atom is -0.744 e. The summed E-state index contributed by atoms with van der Waals surface area (Å²) in [5.41, 5.74) is 8.74. The minimum atomic E-state index is -4.25. The Morgan fingerprint density at radius 1 is 0.793 bits per heavy atom. The molecular weight excluding hydrogens is 424 g/mol. The number of nitrogen functional groups attached to an aromatic ring is 1. The second kappa shape index (κ2) is 7.92. The van der Waals surface area contributed by atoms with Crippen LogP contribution in [0.2, 0.25) is 0 Å². The van der Waals surface area contributed by atoms with Crippen LogP contribution in [-0.2, 0) is 10.1 Å². The lowest BCUT2D eigenvalue weighted by atomic mass is 10.2. The van der Waals surface area contributed by atoms with Gasteiger partial charge in [-0.3, -0.25) is 5.73 Å². The van der Waals surface area contributed by atoms with Gasteiger partial charge in [0.15, 0.2) is 5.52 Å². The number of anilines is 1. The summed E-state index contributed by atoms with van der Waals surface area (Å²) in [6, 6.07) is 25.9. The number of aromatic nitrogens is 1. The van der Waals surface area contributed by atoms with E-state index in [-0.39, 0.29) is 4.90 Å². The van der Waals surface area contributed by atoms with Crippen molar-refractivity contribution in [2.75, 3.05) is 5.73 Å². The fourth-order valence-electron chi connectivity index (χ4n) is 2.89. The Bertz CT molecular complexity index is 1380. The van der Waals surface area contributed by atoms with Gasteiger partial charge >= 0.3 is 0 Å². The van der Waals surface area contributed by atoms with E-state index >= 15 is 0 Å². The topological polar surface area (TPSA) is 87.3 Å². The lowest BCUT2D eigenvalue weighted by Gasteiger charge is -2.04. The highest BCUT2D eigenvalue weighted by atomic mass is 32.2. The zero-order chi connectivity index (χ0) is 20.4. The van der Waals surface area contributed by atoms with Crippen molar-refractivity contribution in [3.05, 3.63) is 84.9 Å². The zero-order valence-corrected chi connectivity index (χ0v) is 17.5. The monoisotopic (exact) mass is 440 g/mol. The number of nitrogens with zero attached hydrogens (tertiary/aromatic N) is 1. The van der Waals surface area contributed by atoms with Crippen molar-refractivity contribution in [2.24, 2.45) is 0 Å². The van der Waals surface area contributed by atoms with Crippen LogP contribution >= 0.6 is 22.7 Å². The van der Waals surface area contributed by atoms with E-state index in [1.807, 2.05) is 18.2 Å². The predicted molar refractivity (Wildman–Crippen MR) is 117 cm³/mol. The number of hydrogen-bond acceptors (Lipinski definition) is 6. The quantitative estimate of drug-likeness (QED) is 0.322. The summed E-state index contributed by atoms with van der Waals surface area (Å²) in [4.78, 5) is 0.965. The van der Waals surface area contributed by atoms with E-state index in [0.717, 1.165) is 10.7 Å². The van der Waals surface area contributed by atoms with Crippen LogP contribution in [0.3, 0.4) is 0 Å². The lowest BCUT2D eigenvalue weighted by Crippen LogP contribution is -2.21. The molecule has 0 aliphatic heterocycles. The van der Waals surface area contributed by atoms with Crippen molar-refractivity contribution in [1.29, 1.82) is 0 Å². The lowest BCUT2D eigenvalue weighted by molar-refractivity contribution is -0.455. The van der Waals surface area contributed by atoms with E-state index in [2.05, 4.69) is 40.8 Å². The molecule has 3 aromatic carbocycles. The van der Waals surface area contributed by atoms with E-state index in [0.29, 0.717) is 0 Å². The average Bonchev–Trinajstić information content (AvgIpc) is 3.26. The smallest absolute Gasteiger partial charge is 0.297 e. The molecule has 146 valence electrons. The summed E-state index contributed by atoms with van der Waals surface area (Å²) in [5.74, 6) is 0.837. The van der Waals surface area contributed by atoms with E-state index < -0.39 is 10.1 Å². The highest BCUT2D eigenvalue weighted by Gasteiger charge is 2.21. The van der Waals surface area contributed by atoms with E-state index in [4.69, 9.17) is 5.73 Å². The molecule has 0 bridgehead atoms. The van der Waals surface area contributed by atoms with Gasteiger partial charge in [0.1, 0.15) is 15.0 Å². The molecule has 0 saturated carbocycles. The molecule has 0 fully saturated rings. The van der Waals surface area contributed by atoms with Gasteiger partial charge in [0.25, 0.3) is 5.82 Å². The van der Waals surface area contributed by atoms with Gasteiger partial charge in [0, 0.05) is 5.56 Å². The van der Waals surface area contributed by atoms with Crippen LogP contribution in [0.15, 0.2) is 89.8 Å². The fourth-order valence-corrected chi connectivity index (χ4v) is 5.86. The Morgan fingerprint density at radius 2 is 1.38 bits per heavy atom. The number of para-hydroxylation sites is 1. The molecule has 29 heavy (non-hydrogen) atoms.